The number of allylic oxidation sites excluding steroid dienone is 1. The van der Waals surface area contributed by atoms with Gasteiger partial charge in [0, 0.05) is 23.9 Å². The van der Waals surface area contributed by atoms with Crippen LogP contribution in [0.3, 0.4) is 0 Å². The Bertz CT molecular complexity index is 853. The zero-order valence-electron chi connectivity index (χ0n) is 15.2. The van der Waals surface area contributed by atoms with Gasteiger partial charge in [0.05, 0.1) is 17.8 Å². The van der Waals surface area contributed by atoms with Crippen molar-refractivity contribution < 1.29 is 9.57 Å². The lowest BCUT2D eigenvalue weighted by molar-refractivity contribution is -0.0887. The van der Waals surface area contributed by atoms with Gasteiger partial charge in [0.25, 0.3) is 0 Å². The maximum Gasteiger partial charge on any atom is 0.104 e. The van der Waals surface area contributed by atoms with Crippen LogP contribution in [0.4, 0.5) is 0 Å². The lowest BCUT2D eigenvalue weighted by Gasteiger charge is -2.51. The first kappa shape index (κ1) is 15.5. The number of fused-ring (bicyclic) bond motifs is 2. The fourth-order valence-electron chi connectivity index (χ4n) is 5.52. The van der Waals surface area contributed by atoms with Crippen molar-refractivity contribution >= 4 is 10.9 Å². The van der Waals surface area contributed by atoms with Gasteiger partial charge in [0.15, 0.2) is 0 Å². The van der Waals surface area contributed by atoms with E-state index in [9.17, 15) is 0 Å². The third-order valence-electron chi connectivity index (χ3n) is 6.69. The molecule has 2 saturated heterocycles. The number of hydrogen-bond acceptors (Lipinski definition) is 3. The Labute approximate surface area is 149 Å². The molecule has 0 amide bonds. The highest BCUT2D eigenvalue weighted by Crippen LogP contribution is 2.49. The van der Waals surface area contributed by atoms with Crippen LogP contribution in [0.1, 0.15) is 30.7 Å². The Hall–Kier alpha value is -1.78. The van der Waals surface area contributed by atoms with Gasteiger partial charge in [0.2, 0.25) is 0 Å². The average Bonchev–Trinajstić information content (AvgIpc) is 2.94. The van der Waals surface area contributed by atoms with Crippen molar-refractivity contribution in [2.24, 2.45) is 11.8 Å². The van der Waals surface area contributed by atoms with Crippen LogP contribution in [0.25, 0.3) is 10.9 Å². The summed E-state index contributed by atoms with van der Waals surface area (Å²) in [5.74, 6) is 1.24. The Kier molecular flexibility index (Phi) is 3.47. The molecule has 4 bridgehead atoms. The van der Waals surface area contributed by atoms with Gasteiger partial charge in [-0.1, -0.05) is 29.8 Å². The van der Waals surface area contributed by atoms with E-state index in [0.29, 0.717) is 17.9 Å². The first-order valence-electron chi connectivity index (χ1n) is 9.36. The molecule has 4 aliphatic rings. The van der Waals surface area contributed by atoms with Crippen LogP contribution < -0.4 is 4.84 Å². The second-order valence-corrected chi connectivity index (χ2v) is 7.74. The van der Waals surface area contributed by atoms with E-state index in [2.05, 4.69) is 49.2 Å². The minimum Gasteiger partial charge on any atom is -0.417 e. The molecular formula is C21H26N2O2. The van der Waals surface area contributed by atoms with Crippen molar-refractivity contribution in [3.05, 3.63) is 47.2 Å². The van der Waals surface area contributed by atoms with Crippen LogP contribution in [0.2, 0.25) is 0 Å². The van der Waals surface area contributed by atoms with Gasteiger partial charge in [-0.15, -0.1) is 0 Å². The number of piperidine rings is 1. The van der Waals surface area contributed by atoms with Gasteiger partial charge in [0.1, 0.15) is 13.2 Å². The largest absolute Gasteiger partial charge is 0.417 e. The Morgan fingerprint density at radius 2 is 2.12 bits per heavy atom. The van der Waals surface area contributed by atoms with E-state index in [1.165, 1.54) is 16.6 Å². The molecule has 4 heterocycles. The summed E-state index contributed by atoms with van der Waals surface area (Å²) in [5.41, 5.74) is 5.40. The summed E-state index contributed by atoms with van der Waals surface area (Å²) in [6.07, 6.45) is 4.62. The molecule has 2 fully saturated rings. The number of aromatic nitrogens is 1. The predicted octanol–water partition coefficient (Wildman–Crippen LogP) is 3.21. The van der Waals surface area contributed by atoms with Crippen molar-refractivity contribution in [3.63, 3.8) is 0 Å². The summed E-state index contributed by atoms with van der Waals surface area (Å²) in [5, 5.41) is 1.32. The molecule has 1 aliphatic carbocycles. The number of rotatable bonds is 1. The molecule has 0 spiro atoms. The zero-order valence-corrected chi connectivity index (χ0v) is 15.2. The molecular weight excluding hydrogens is 312 g/mol. The van der Waals surface area contributed by atoms with E-state index in [-0.39, 0.29) is 6.10 Å². The van der Waals surface area contributed by atoms with E-state index >= 15 is 0 Å². The van der Waals surface area contributed by atoms with Crippen molar-refractivity contribution in [2.75, 3.05) is 27.3 Å². The third-order valence-corrected chi connectivity index (χ3v) is 6.69. The van der Waals surface area contributed by atoms with Gasteiger partial charge < -0.3 is 9.57 Å². The maximum absolute atomic E-state index is 6.40. The molecule has 4 nitrogen and oxygen atoms in total. The van der Waals surface area contributed by atoms with Crippen LogP contribution in [0, 0.1) is 11.8 Å². The molecule has 132 valence electrons. The molecule has 3 aliphatic heterocycles. The summed E-state index contributed by atoms with van der Waals surface area (Å²) in [7, 11) is 4.04. The van der Waals surface area contributed by atoms with Crippen LogP contribution in [0.15, 0.2) is 35.9 Å². The number of ether oxygens (including phenoxy) is 1. The van der Waals surface area contributed by atoms with Crippen molar-refractivity contribution in [2.45, 2.75) is 31.9 Å². The van der Waals surface area contributed by atoms with Crippen molar-refractivity contribution in [1.29, 1.82) is 0 Å². The number of likely N-dealkylation sites (tertiary alicyclic amines) is 1. The minimum absolute atomic E-state index is 0.128. The third kappa shape index (κ3) is 2.07. The molecule has 0 radical (unpaired) electrons. The molecule has 6 rings (SSSR count). The lowest BCUT2D eigenvalue weighted by Crippen LogP contribution is -2.54. The minimum atomic E-state index is 0.128. The highest BCUT2D eigenvalue weighted by Gasteiger charge is 2.47. The fourth-order valence-corrected chi connectivity index (χ4v) is 5.52. The smallest absolute Gasteiger partial charge is 0.104 e. The topological polar surface area (TPSA) is 26.6 Å². The second kappa shape index (κ2) is 5.61. The molecule has 1 aromatic carbocycles. The SMILES string of the molecule is C/C=C1/CN(C)[C@@H]2Cc3c(n(OC)c4ccccc34)[C@H]3C[C@@H]1C2CO3. The molecule has 2 aromatic rings. The number of likely N-dealkylation sites (N-methyl/N-ethyl adjacent to an activating group) is 1. The van der Waals surface area contributed by atoms with E-state index < -0.39 is 0 Å². The second-order valence-electron chi connectivity index (χ2n) is 7.74. The Balaban J connectivity index is 1.75. The molecule has 1 unspecified atom stereocenters. The van der Waals surface area contributed by atoms with E-state index in [0.717, 1.165) is 31.5 Å². The van der Waals surface area contributed by atoms with Gasteiger partial charge in [-0.05, 0) is 44.4 Å². The summed E-state index contributed by atoms with van der Waals surface area (Å²) in [6, 6.07) is 9.14. The quantitative estimate of drug-likeness (QED) is 0.747. The summed E-state index contributed by atoms with van der Waals surface area (Å²) < 4.78 is 8.42. The summed E-state index contributed by atoms with van der Waals surface area (Å²) in [6.45, 7) is 4.13. The fraction of sp³-hybridized carbons (Fsp3) is 0.524. The predicted molar refractivity (Wildman–Crippen MR) is 98.6 cm³/mol. The van der Waals surface area contributed by atoms with E-state index in [1.54, 1.807) is 12.7 Å². The summed E-state index contributed by atoms with van der Waals surface area (Å²) in [4.78, 5) is 8.36. The van der Waals surface area contributed by atoms with Gasteiger partial charge in [-0.25, -0.2) is 0 Å². The number of hydrogen-bond donors (Lipinski definition) is 0. The Morgan fingerprint density at radius 1 is 1.28 bits per heavy atom. The van der Waals surface area contributed by atoms with Crippen molar-refractivity contribution in [3.8, 4) is 0 Å². The van der Waals surface area contributed by atoms with Crippen LogP contribution in [-0.2, 0) is 11.2 Å². The van der Waals surface area contributed by atoms with Crippen LogP contribution >= 0.6 is 0 Å². The number of benzene rings is 1. The van der Waals surface area contributed by atoms with Gasteiger partial charge >= 0.3 is 0 Å². The number of para-hydroxylation sites is 1. The molecule has 0 saturated carbocycles. The molecule has 25 heavy (non-hydrogen) atoms. The van der Waals surface area contributed by atoms with E-state index in [1.807, 2.05) is 4.73 Å². The number of nitrogens with zero attached hydrogens (tertiary/aromatic N) is 2. The van der Waals surface area contributed by atoms with Gasteiger partial charge in [-0.2, -0.15) is 4.73 Å². The molecule has 1 aromatic heterocycles. The molecule has 0 N–H and O–H groups in total. The maximum atomic E-state index is 6.40. The Morgan fingerprint density at radius 3 is 2.92 bits per heavy atom. The molecule has 4 atom stereocenters. The van der Waals surface area contributed by atoms with Crippen LogP contribution in [0.5, 0.6) is 0 Å². The van der Waals surface area contributed by atoms with Gasteiger partial charge in [-0.3, -0.25) is 4.90 Å². The first-order chi connectivity index (χ1) is 12.2. The average molecular weight is 338 g/mol. The highest BCUT2D eigenvalue weighted by atomic mass is 16.6. The van der Waals surface area contributed by atoms with Crippen LogP contribution in [-0.4, -0.2) is 43.0 Å². The monoisotopic (exact) mass is 338 g/mol. The highest BCUT2D eigenvalue weighted by molar-refractivity contribution is 5.85. The van der Waals surface area contributed by atoms with E-state index in [4.69, 9.17) is 9.57 Å². The standard InChI is InChI=1S/C21H26N2O2/c1-4-13-11-22(2)19-9-16-14-7-5-6-8-18(14)23(24-3)21(16)20-10-15(13)17(19)12-25-20/h4-8,15,17,19-20H,9-12H2,1-3H3/b13-4-/t15-,17?,19+,20+/m0/s1. The normalized spacial score (nSPS) is 33.3. The first-order valence-corrected chi connectivity index (χ1v) is 9.36. The zero-order chi connectivity index (χ0) is 17.1. The lowest BCUT2D eigenvalue weighted by atomic mass is 9.69. The van der Waals surface area contributed by atoms with Crippen molar-refractivity contribution in [1.82, 2.24) is 9.63 Å². The molecule has 4 heteroatoms. The summed E-state index contributed by atoms with van der Waals surface area (Å²) >= 11 is 0.